The Morgan fingerprint density at radius 1 is 1.50 bits per heavy atom. The number of carboxylic acid groups (broad SMARTS) is 1. The number of nitrogens with zero attached hydrogens (tertiary/aromatic N) is 2. The lowest BCUT2D eigenvalue weighted by atomic mass is 10.2. The van der Waals surface area contributed by atoms with Crippen molar-refractivity contribution < 1.29 is 19.2 Å². The molecule has 1 fully saturated rings. The molecule has 1 N–H and O–H groups in total. The van der Waals surface area contributed by atoms with Crippen molar-refractivity contribution in [3.05, 3.63) is 17.5 Å². The van der Waals surface area contributed by atoms with E-state index in [9.17, 15) is 9.59 Å². The molecule has 1 heterocycles. The van der Waals surface area contributed by atoms with Crippen LogP contribution in [0.1, 0.15) is 55.3 Å². The highest BCUT2D eigenvalue weighted by atomic mass is 16.5. The molecule has 0 unspecified atom stereocenters. The highest BCUT2D eigenvalue weighted by Gasteiger charge is 2.29. The van der Waals surface area contributed by atoms with Crippen LogP contribution in [0.25, 0.3) is 0 Å². The van der Waals surface area contributed by atoms with Crippen LogP contribution in [0.4, 0.5) is 0 Å². The third-order valence-electron chi connectivity index (χ3n) is 3.20. The number of amides is 1. The molecule has 0 aromatic carbocycles. The summed E-state index contributed by atoms with van der Waals surface area (Å²) in [5.41, 5.74) is 0.830. The van der Waals surface area contributed by atoms with E-state index < -0.39 is 5.97 Å². The molecule has 0 radical (unpaired) electrons. The molecule has 110 valence electrons. The molecule has 1 amide bonds. The number of carbonyl (C=O) groups is 2. The third kappa shape index (κ3) is 3.82. The Morgan fingerprint density at radius 3 is 2.75 bits per heavy atom. The summed E-state index contributed by atoms with van der Waals surface area (Å²) in [7, 11) is 0. The van der Waals surface area contributed by atoms with Crippen LogP contribution in [0, 0.1) is 5.92 Å². The van der Waals surface area contributed by atoms with E-state index >= 15 is 0 Å². The van der Waals surface area contributed by atoms with Gasteiger partial charge in [0.1, 0.15) is 0 Å². The van der Waals surface area contributed by atoms with E-state index in [0.29, 0.717) is 12.5 Å². The van der Waals surface area contributed by atoms with Crippen LogP contribution in [0.2, 0.25) is 0 Å². The maximum absolute atomic E-state index is 12.3. The molecule has 0 aliphatic heterocycles. The second kappa shape index (κ2) is 6.07. The Bertz CT molecular complexity index is 491. The quantitative estimate of drug-likeness (QED) is 0.827. The summed E-state index contributed by atoms with van der Waals surface area (Å²) in [6.45, 7) is 4.66. The molecule has 0 atom stereocenters. The number of hydrogen-bond acceptors (Lipinski definition) is 4. The largest absolute Gasteiger partial charge is 0.481 e. The van der Waals surface area contributed by atoms with Gasteiger partial charge in [0.05, 0.1) is 12.1 Å². The fourth-order valence-electron chi connectivity index (χ4n) is 2.06. The predicted octanol–water partition coefficient (Wildman–Crippen LogP) is 2.12. The standard InChI is InChI=1S/C14H20N2O4/c1-9(2)8-16(6-5-13(17)18)14(19)12-7-11(15-20-12)10-3-4-10/h7,9-10H,3-6,8H2,1-2H3,(H,17,18). The lowest BCUT2D eigenvalue weighted by Gasteiger charge is -2.22. The van der Waals surface area contributed by atoms with Crippen LogP contribution >= 0.6 is 0 Å². The molecule has 1 aromatic heterocycles. The van der Waals surface area contributed by atoms with Crippen LogP contribution < -0.4 is 0 Å². The Balaban J connectivity index is 2.04. The third-order valence-corrected chi connectivity index (χ3v) is 3.20. The SMILES string of the molecule is CC(C)CN(CCC(=O)O)C(=O)c1cc(C2CC2)no1. The van der Waals surface area contributed by atoms with Crippen molar-refractivity contribution in [1.82, 2.24) is 10.1 Å². The zero-order chi connectivity index (χ0) is 14.7. The monoisotopic (exact) mass is 280 g/mol. The molecule has 1 saturated carbocycles. The smallest absolute Gasteiger partial charge is 0.305 e. The van der Waals surface area contributed by atoms with Crippen LogP contribution in [0.15, 0.2) is 10.6 Å². The number of rotatable bonds is 7. The molecule has 1 aliphatic rings. The molecule has 20 heavy (non-hydrogen) atoms. The molecule has 1 aromatic rings. The second-order valence-electron chi connectivity index (χ2n) is 5.68. The van der Waals surface area contributed by atoms with Crippen molar-refractivity contribution in [2.45, 2.75) is 39.0 Å². The van der Waals surface area contributed by atoms with Crippen molar-refractivity contribution in [1.29, 1.82) is 0 Å². The molecule has 2 rings (SSSR count). The molecule has 0 spiro atoms. The molecule has 6 heteroatoms. The van der Waals surface area contributed by atoms with Gasteiger partial charge in [-0.15, -0.1) is 0 Å². The van der Waals surface area contributed by atoms with Crippen molar-refractivity contribution in [2.24, 2.45) is 5.92 Å². The van der Waals surface area contributed by atoms with Gasteiger partial charge >= 0.3 is 5.97 Å². The number of aliphatic carboxylic acids is 1. The lowest BCUT2D eigenvalue weighted by Crippen LogP contribution is -2.35. The van der Waals surface area contributed by atoms with Crippen molar-refractivity contribution in [2.75, 3.05) is 13.1 Å². The van der Waals surface area contributed by atoms with E-state index in [1.807, 2.05) is 13.8 Å². The molecule has 0 saturated heterocycles. The summed E-state index contributed by atoms with van der Waals surface area (Å²) < 4.78 is 5.11. The minimum atomic E-state index is -0.914. The Labute approximate surface area is 117 Å². The van der Waals surface area contributed by atoms with Crippen molar-refractivity contribution >= 4 is 11.9 Å². The minimum absolute atomic E-state index is 0.0674. The van der Waals surface area contributed by atoms with Gasteiger partial charge in [-0.25, -0.2) is 0 Å². The van der Waals surface area contributed by atoms with Gasteiger partial charge in [0.15, 0.2) is 0 Å². The van der Waals surface area contributed by atoms with E-state index in [4.69, 9.17) is 9.63 Å². The maximum atomic E-state index is 12.3. The van der Waals surface area contributed by atoms with Gasteiger partial charge in [0, 0.05) is 25.1 Å². The normalized spacial score (nSPS) is 14.6. The highest BCUT2D eigenvalue weighted by molar-refractivity contribution is 5.91. The number of hydrogen-bond donors (Lipinski definition) is 1. The summed E-state index contributed by atoms with van der Waals surface area (Å²) in [6, 6.07) is 1.69. The van der Waals surface area contributed by atoms with Crippen LogP contribution in [0.3, 0.4) is 0 Å². The number of aromatic nitrogens is 1. The van der Waals surface area contributed by atoms with Crippen molar-refractivity contribution in [3.63, 3.8) is 0 Å². The van der Waals surface area contributed by atoms with Gasteiger partial charge in [0.25, 0.3) is 5.91 Å². The number of carboxylic acids is 1. The average Bonchev–Trinajstić information content (AvgIpc) is 3.11. The molecule has 6 nitrogen and oxygen atoms in total. The predicted molar refractivity (Wildman–Crippen MR) is 71.5 cm³/mol. The van der Waals surface area contributed by atoms with E-state index in [1.165, 1.54) is 4.90 Å². The Morgan fingerprint density at radius 2 is 2.20 bits per heavy atom. The van der Waals surface area contributed by atoms with Gasteiger partial charge in [-0.2, -0.15) is 0 Å². The van der Waals surface area contributed by atoms with Gasteiger partial charge in [-0.05, 0) is 18.8 Å². The molecule has 1 aliphatic carbocycles. The first kappa shape index (κ1) is 14.6. The van der Waals surface area contributed by atoms with Gasteiger partial charge < -0.3 is 14.5 Å². The van der Waals surface area contributed by atoms with Crippen LogP contribution in [0.5, 0.6) is 0 Å². The molecule has 0 bridgehead atoms. The molecular formula is C14H20N2O4. The van der Waals surface area contributed by atoms with E-state index in [2.05, 4.69) is 5.16 Å². The minimum Gasteiger partial charge on any atom is -0.481 e. The summed E-state index contributed by atoms with van der Waals surface area (Å²) in [4.78, 5) is 24.5. The fraction of sp³-hybridized carbons (Fsp3) is 0.643. The van der Waals surface area contributed by atoms with Crippen LogP contribution in [-0.4, -0.2) is 40.1 Å². The molecular weight excluding hydrogens is 260 g/mol. The first-order valence-electron chi connectivity index (χ1n) is 6.95. The lowest BCUT2D eigenvalue weighted by molar-refractivity contribution is -0.137. The first-order chi connectivity index (χ1) is 9.47. The summed E-state index contributed by atoms with van der Waals surface area (Å²) in [5, 5.41) is 12.7. The summed E-state index contributed by atoms with van der Waals surface area (Å²) in [6.07, 6.45) is 2.12. The second-order valence-corrected chi connectivity index (χ2v) is 5.68. The van der Waals surface area contributed by atoms with Crippen molar-refractivity contribution in [3.8, 4) is 0 Å². The zero-order valence-corrected chi connectivity index (χ0v) is 11.8. The highest BCUT2D eigenvalue weighted by Crippen LogP contribution is 2.39. The summed E-state index contributed by atoms with van der Waals surface area (Å²) in [5.74, 6) is -0.295. The van der Waals surface area contributed by atoms with E-state index in [0.717, 1.165) is 18.5 Å². The van der Waals surface area contributed by atoms with E-state index in [1.54, 1.807) is 6.07 Å². The van der Waals surface area contributed by atoms with Gasteiger partial charge in [-0.3, -0.25) is 9.59 Å². The Kier molecular flexibility index (Phi) is 4.42. The van der Waals surface area contributed by atoms with Gasteiger partial charge in [0.2, 0.25) is 5.76 Å². The van der Waals surface area contributed by atoms with E-state index in [-0.39, 0.29) is 30.6 Å². The zero-order valence-electron chi connectivity index (χ0n) is 11.8. The first-order valence-corrected chi connectivity index (χ1v) is 6.95. The van der Waals surface area contributed by atoms with Crippen LogP contribution in [-0.2, 0) is 4.79 Å². The topological polar surface area (TPSA) is 83.6 Å². The average molecular weight is 280 g/mol. The summed E-state index contributed by atoms with van der Waals surface area (Å²) >= 11 is 0. The maximum Gasteiger partial charge on any atom is 0.305 e. The Hall–Kier alpha value is -1.85. The fourth-order valence-corrected chi connectivity index (χ4v) is 2.06. The van der Waals surface area contributed by atoms with Gasteiger partial charge in [-0.1, -0.05) is 19.0 Å². The number of carbonyl (C=O) groups excluding carboxylic acids is 1.